The number of anilines is 1. The van der Waals surface area contributed by atoms with Crippen molar-refractivity contribution in [2.75, 3.05) is 29.5 Å². The molecule has 1 aliphatic rings. The quantitative estimate of drug-likeness (QED) is 0.795. The highest BCUT2D eigenvalue weighted by atomic mass is 79.9. The lowest BCUT2D eigenvalue weighted by Crippen LogP contribution is -2.50. The third-order valence-corrected chi connectivity index (χ3v) is 7.59. The maximum Gasteiger partial charge on any atom is 0.256 e. The van der Waals surface area contributed by atoms with Crippen LogP contribution in [-0.2, 0) is 9.84 Å². The van der Waals surface area contributed by atoms with Gasteiger partial charge in [-0.25, -0.2) is 8.42 Å². The Kier molecular flexibility index (Phi) is 5.21. The predicted octanol–water partition coefficient (Wildman–Crippen LogP) is 1.98. The second kappa shape index (κ2) is 6.58. The average molecular weight is 393 g/mol. The molecule has 1 aliphatic heterocycles. The van der Waals surface area contributed by atoms with Gasteiger partial charge in [0.25, 0.3) is 5.91 Å². The number of rotatable bonds is 3. The number of nitrogens with two attached hydrogens (primary N) is 1. The van der Waals surface area contributed by atoms with Gasteiger partial charge in [-0.3, -0.25) is 4.79 Å². The maximum atomic E-state index is 12.7. The molecule has 2 N–H and O–H groups in total. The lowest BCUT2D eigenvalue weighted by atomic mass is 10.1. The first-order valence-electron chi connectivity index (χ1n) is 6.52. The number of nitrogens with zero attached hydrogens (tertiary/aromatic N) is 1. The SMILES string of the molecule is CCS(=O)(=O)C1CSCCN1C(=O)c1cccc(N)c1Br. The molecule has 1 aromatic carbocycles. The zero-order valence-corrected chi connectivity index (χ0v) is 14.8. The standard InChI is InChI=1S/C13H17BrN2O3S2/c1-2-21(18,19)11-8-20-7-6-16(11)13(17)9-4-3-5-10(15)12(9)14/h3-5,11H,2,6-8,15H2,1H3. The summed E-state index contributed by atoms with van der Waals surface area (Å²) in [7, 11) is -3.31. The topological polar surface area (TPSA) is 80.5 Å². The number of carbonyl (C=O) groups is 1. The van der Waals surface area contributed by atoms with Gasteiger partial charge in [-0.1, -0.05) is 13.0 Å². The van der Waals surface area contributed by atoms with E-state index in [0.29, 0.717) is 28.0 Å². The summed E-state index contributed by atoms with van der Waals surface area (Å²) in [6.45, 7) is 2.03. The second-order valence-corrected chi connectivity index (χ2v) is 9.08. The summed E-state index contributed by atoms with van der Waals surface area (Å²) in [5.41, 5.74) is 6.66. The first-order valence-corrected chi connectivity index (χ1v) is 10.2. The Balaban J connectivity index is 2.38. The zero-order valence-electron chi connectivity index (χ0n) is 11.6. The molecule has 0 radical (unpaired) electrons. The van der Waals surface area contributed by atoms with E-state index in [1.807, 2.05) is 0 Å². The highest BCUT2D eigenvalue weighted by Crippen LogP contribution is 2.28. The van der Waals surface area contributed by atoms with Gasteiger partial charge in [0.05, 0.1) is 10.0 Å². The molecule has 5 nitrogen and oxygen atoms in total. The molecule has 8 heteroatoms. The number of hydrogen-bond acceptors (Lipinski definition) is 5. The summed E-state index contributed by atoms with van der Waals surface area (Å²) in [6.07, 6.45) is 0. The van der Waals surface area contributed by atoms with Crippen molar-refractivity contribution < 1.29 is 13.2 Å². The molecule has 1 heterocycles. The van der Waals surface area contributed by atoms with Gasteiger partial charge in [-0.2, -0.15) is 11.8 Å². The molecular formula is C13H17BrN2O3S2. The number of benzene rings is 1. The third kappa shape index (κ3) is 3.37. The van der Waals surface area contributed by atoms with Crippen LogP contribution in [-0.4, -0.2) is 48.4 Å². The largest absolute Gasteiger partial charge is 0.398 e. The molecule has 2 rings (SSSR count). The van der Waals surface area contributed by atoms with Gasteiger partial charge in [0.15, 0.2) is 9.84 Å². The van der Waals surface area contributed by atoms with Crippen LogP contribution in [0.2, 0.25) is 0 Å². The predicted molar refractivity (Wildman–Crippen MR) is 90.2 cm³/mol. The van der Waals surface area contributed by atoms with Gasteiger partial charge < -0.3 is 10.6 Å². The molecule has 0 saturated carbocycles. The molecule has 0 bridgehead atoms. The average Bonchev–Trinajstić information content (AvgIpc) is 2.49. The Bertz CT molecular complexity index is 649. The highest BCUT2D eigenvalue weighted by Gasteiger charge is 2.36. The molecule has 1 atom stereocenters. The molecular weight excluding hydrogens is 376 g/mol. The van der Waals surface area contributed by atoms with Crippen molar-refractivity contribution >= 4 is 49.1 Å². The smallest absolute Gasteiger partial charge is 0.256 e. The Morgan fingerprint density at radius 3 is 2.90 bits per heavy atom. The molecule has 21 heavy (non-hydrogen) atoms. The van der Waals surface area contributed by atoms with Crippen LogP contribution in [0.5, 0.6) is 0 Å². The van der Waals surface area contributed by atoms with Crippen molar-refractivity contribution in [2.24, 2.45) is 0 Å². The zero-order chi connectivity index (χ0) is 15.6. The molecule has 1 fully saturated rings. The number of sulfone groups is 1. The summed E-state index contributed by atoms with van der Waals surface area (Å²) in [5, 5.41) is -0.762. The normalized spacial score (nSPS) is 19.5. The van der Waals surface area contributed by atoms with Crippen LogP contribution < -0.4 is 5.73 Å². The Morgan fingerprint density at radius 1 is 1.52 bits per heavy atom. The van der Waals surface area contributed by atoms with Crippen LogP contribution in [0.1, 0.15) is 17.3 Å². The lowest BCUT2D eigenvalue weighted by Gasteiger charge is -2.35. The molecule has 1 amide bonds. The van der Waals surface area contributed by atoms with Gasteiger partial charge in [0, 0.05) is 29.5 Å². The molecule has 1 aromatic rings. The van der Waals surface area contributed by atoms with E-state index in [1.165, 1.54) is 4.90 Å². The molecule has 1 unspecified atom stereocenters. The van der Waals surface area contributed by atoms with Crippen molar-refractivity contribution in [2.45, 2.75) is 12.3 Å². The highest BCUT2D eigenvalue weighted by molar-refractivity contribution is 9.10. The van der Waals surface area contributed by atoms with Crippen LogP contribution in [0.4, 0.5) is 5.69 Å². The minimum absolute atomic E-state index is 0.0279. The van der Waals surface area contributed by atoms with Crippen molar-refractivity contribution in [3.63, 3.8) is 0 Å². The van der Waals surface area contributed by atoms with E-state index >= 15 is 0 Å². The monoisotopic (exact) mass is 392 g/mol. The van der Waals surface area contributed by atoms with Gasteiger partial charge in [0.2, 0.25) is 0 Å². The Morgan fingerprint density at radius 2 is 2.24 bits per heavy atom. The minimum Gasteiger partial charge on any atom is -0.398 e. The fraction of sp³-hybridized carbons (Fsp3) is 0.462. The number of amides is 1. The van der Waals surface area contributed by atoms with E-state index in [4.69, 9.17) is 5.73 Å². The summed E-state index contributed by atoms with van der Waals surface area (Å²) >= 11 is 4.87. The molecule has 0 aromatic heterocycles. The molecule has 0 aliphatic carbocycles. The third-order valence-electron chi connectivity index (χ3n) is 3.42. The Labute approximate surface area is 137 Å². The van der Waals surface area contributed by atoms with Crippen molar-refractivity contribution in [1.82, 2.24) is 4.90 Å². The number of nitrogen functional groups attached to an aromatic ring is 1. The van der Waals surface area contributed by atoms with E-state index in [-0.39, 0.29) is 11.7 Å². The van der Waals surface area contributed by atoms with Gasteiger partial charge in [-0.15, -0.1) is 0 Å². The second-order valence-electron chi connectivity index (χ2n) is 4.69. The van der Waals surface area contributed by atoms with Crippen molar-refractivity contribution in [1.29, 1.82) is 0 Å². The minimum atomic E-state index is -3.31. The summed E-state index contributed by atoms with van der Waals surface area (Å²) in [4.78, 5) is 14.2. The summed E-state index contributed by atoms with van der Waals surface area (Å²) < 4.78 is 24.9. The van der Waals surface area contributed by atoms with E-state index in [0.717, 1.165) is 5.75 Å². The Hall–Kier alpha value is -0.730. The lowest BCUT2D eigenvalue weighted by molar-refractivity contribution is 0.0748. The van der Waals surface area contributed by atoms with E-state index in [1.54, 1.807) is 36.9 Å². The van der Waals surface area contributed by atoms with E-state index in [9.17, 15) is 13.2 Å². The van der Waals surface area contributed by atoms with Crippen molar-refractivity contribution in [3.8, 4) is 0 Å². The first kappa shape index (κ1) is 16.6. The number of halogens is 1. The fourth-order valence-electron chi connectivity index (χ4n) is 2.17. The van der Waals surface area contributed by atoms with Crippen LogP contribution in [0.15, 0.2) is 22.7 Å². The van der Waals surface area contributed by atoms with Crippen LogP contribution in [0, 0.1) is 0 Å². The van der Waals surface area contributed by atoms with Crippen LogP contribution in [0.3, 0.4) is 0 Å². The van der Waals surface area contributed by atoms with Gasteiger partial charge in [-0.05, 0) is 28.1 Å². The first-order chi connectivity index (χ1) is 9.88. The fourth-order valence-corrected chi connectivity index (χ4v) is 5.57. The van der Waals surface area contributed by atoms with E-state index in [2.05, 4.69) is 15.9 Å². The maximum absolute atomic E-state index is 12.7. The van der Waals surface area contributed by atoms with Gasteiger partial charge in [0.1, 0.15) is 5.37 Å². The molecule has 0 spiro atoms. The summed E-state index contributed by atoms with van der Waals surface area (Å²) in [6, 6.07) is 5.03. The number of thioether (sulfide) groups is 1. The van der Waals surface area contributed by atoms with E-state index < -0.39 is 15.2 Å². The molecule has 1 saturated heterocycles. The molecule has 116 valence electrons. The number of hydrogen-bond donors (Lipinski definition) is 1. The van der Waals surface area contributed by atoms with Gasteiger partial charge >= 0.3 is 0 Å². The summed E-state index contributed by atoms with van der Waals surface area (Å²) in [5.74, 6) is 0.889. The van der Waals surface area contributed by atoms with Crippen LogP contribution >= 0.6 is 27.7 Å². The number of carbonyl (C=O) groups excluding carboxylic acids is 1. The van der Waals surface area contributed by atoms with Crippen molar-refractivity contribution in [3.05, 3.63) is 28.2 Å². The van der Waals surface area contributed by atoms with Crippen LogP contribution in [0.25, 0.3) is 0 Å².